The third-order valence-corrected chi connectivity index (χ3v) is 4.46. The number of nitrogens with zero attached hydrogens (tertiary/aromatic N) is 1. The first-order valence-corrected chi connectivity index (χ1v) is 9.59. The molecule has 0 aromatic heterocycles. The van der Waals surface area contributed by atoms with Crippen LogP contribution in [0.15, 0.2) is 35.3 Å². The van der Waals surface area contributed by atoms with Crippen LogP contribution in [0.4, 0.5) is 4.39 Å². The van der Waals surface area contributed by atoms with Gasteiger partial charge >= 0.3 is 0 Å². The molecule has 0 heterocycles. The lowest BCUT2D eigenvalue weighted by Crippen LogP contribution is -2.38. The monoisotopic (exact) mass is 403 g/mol. The van der Waals surface area contributed by atoms with Crippen LogP contribution in [0, 0.1) is 12.7 Å². The van der Waals surface area contributed by atoms with Gasteiger partial charge in [-0.2, -0.15) is 0 Å². The van der Waals surface area contributed by atoms with Gasteiger partial charge in [0.25, 0.3) is 0 Å². The summed E-state index contributed by atoms with van der Waals surface area (Å²) >= 11 is 0. The maximum Gasteiger partial charge on any atom is 0.203 e. The summed E-state index contributed by atoms with van der Waals surface area (Å²) in [6.45, 7) is 5.63. The van der Waals surface area contributed by atoms with E-state index in [-0.39, 0.29) is 5.82 Å². The summed E-state index contributed by atoms with van der Waals surface area (Å²) in [5, 5.41) is 6.54. The third-order valence-electron chi connectivity index (χ3n) is 4.46. The maximum absolute atomic E-state index is 13.4. The van der Waals surface area contributed by atoms with Crippen LogP contribution in [0.1, 0.15) is 23.6 Å². The van der Waals surface area contributed by atoms with E-state index in [2.05, 4.69) is 15.6 Å². The minimum Gasteiger partial charge on any atom is -0.493 e. The molecule has 158 valence electrons. The van der Waals surface area contributed by atoms with Crippen molar-refractivity contribution in [3.8, 4) is 17.2 Å². The lowest BCUT2D eigenvalue weighted by molar-refractivity contribution is 0.322. The van der Waals surface area contributed by atoms with Gasteiger partial charge < -0.3 is 24.8 Å². The second kappa shape index (κ2) is 11.1. The van der Waals surface area contributed by atoms with Crippen LogP contribution < -0.4 is 24.8 Å². The first-order chi connectivity index (χ1) is 14.0. The highest BCUT2D eigenvalue weighted by molar-refractivity contribution is 5.79. The van der Waals surface area contributed by atoms with Gasteiger partial charge in [-0.25, -0.2) is 9.38 Å². The summed E-state index contributed by atoms with van der Waals surface area (Å²) in [5.41, 5.74) is 2.58. The van der Waals surface area contributed by atoms with Crippen molar-refractivity contribution in [3.63, 3.8) is 0 Å². The number of hydrogen-bond donors (Lipinski definition) is 2. The van der Waals surface area contributed by atoms with E-state index in [4.69, 9.17) is 14.2 Å². The largest absolute Gasteiger partial charge is 0.493 e. The zero-order valence-electron chi connectivity index (χ0n) is 17.8. The Balaban J connectivity index is 2.04. The van der Waals surface area contributed by atoms with Crippen molar-refractivity contribution in [1.29, 1.82) is 0 Å². The van der Waals surface area contributed by atoms with Crippen LogP contribution in [-0.2, 0) is 13.0 Å². The van der Waals surface area contributed by atoms with E-state index in [0.717, 1.165) is 17.7 Å². The first kappa shape index (κ1) is 22.3. The lowest BCUT2D eigenvalue weighted by atomic mass is 10.1. The smallest absolute Gasteiger partial charge is 0.203 e. The fourth-order valence-corrected chi connectivity index (χ4v) is 2.99. The number of benzene rings is 2. The minimum atomic E-state index is -0.202. The highest BCUT2D eigenvalue weighted by Gasteiger charge is 2.15. The molecule has 2 aromatic carbocycles. The zero-order valence-corrected chi connectivity index (χ0v) is 17.8. The molecule has 0 saturated heterocycles. The topological polar surface area (TPSA) is 64.1 Å². The van der Waals surface area contributed by atoms with Crippen molar-refractivity contribution < 1.29 is 18.6 Å². The van der Waals surface area contributed by atoms with Gasteiger partial charge in [-0.1, -0.05) is 18.2 Å². The lowest BCUT2D eigenvalue weighted by Gasteiger charge is -2.16. The van der Waals surface area contributed by atoms with E-state index in [1.54, 1.807) is 34.3 Å². The number of ether oxygens (including phenoxy) is 3. The Morgan fingerprint density at radius 1 is 1.00 bits per heavy atom. The second-order valence-electron chi connectivity index (χ2n) is 6.45. The Morgan fingerprint density at radius 3 is 2.38 bits per heavy atom. The van der Waals surface area contributed by atoms with Crippen LogP contribution in [0.25, 0.3) is 0 Å². The van der Waals surface area contributed by atoms with Gasteiger partial charge in [-0.15, -0.1) is 0 Å². The number of nitrogens with one attached hydrogen (secondary N) is 2. The molecular weight excluding hydrogens is 373 g/mol. The Morgan fingerprint density at radius 2 is 1.76 bits per heavy atom. The number of guanidine groups is 1. The highest BCUT2D eigenvalue weighted by atomic mass is 19.1. The molecule has 0 unspecified atom stereocenters. The fourth-order valence-electron chi connectivity index (χ4n) is 2.99. The van der Waals surface area contributed by atoms with Crippen molar-refractivity contribution in [2.24, 2.45) is 4.99 Å². The van der Waals surface area contributed by atoms with Gasteiger partial charge in [0, 0.05) is 18.7 Å². The number of rotatable bonds is 9. The average Bonchev–Trinajstić information content (AvgIpc) is 2.73. The number of hydrogen-bond acceptors (Lipinski definition) is 4. The average molecular weight is 403 g/mol. The molecule has 6 nitrogen and oxygen atoms in total. The fraction of sp³-hybridized carbons (Fsp3) is 0.409. The predicted molar refractivity (Wildman–Crippen MR) is 114 cm³/mol. The van der Waals surface area contributed by atoms with Crippen molar-refractivity contribution in [2.75, 3.05) is 34.4 Å². The summed E-state index contributed by atoms with van der Waals surface area (Å²) in [6.07, 6.45) is 0.712. The van der Waals surface area contributed by atoms with Gasteiger partial charge in [0.05, 0.1) is 27.9 Å². The van der Waals surface area contributed by atoms with E-state index in [9.17, 15) is 4.39 Å². The summed E-state index contributed by atoms with van der Waals surface area (Å²) in [5.74, 6) is 2.38. The third kappa shape index (κ3) is 6.01. The number of aliphatic imine (C=N–C) groups is 1. The van der Waals surface area contributed by atoms with E-state index in [0.29, 0.717) is 48.3 Å². The summed E-state index contributed by atoms with van der Waals surface area (Å²) in [7, 11) is 4.81. The van der Waals surface area contributed by atoms with Crippen LogP contribution in [0.3, 0.4) is 0 Å². The molecule has 0 radical (unpaired) electrons. The molecule has 29 heavy (non-hydrogen) atoms. The van der Waals surface area contributed by atoms with Crippen molar-refractivity contribution in [3.05, 3.63) is 52.8 Å². The Kier molecular flexibility index (Phi) is 8.58. The molecule has 2 rings (SSSR count). The molecule has 0 aliphatic rings. The van der Waals surface area contributed by atoms with Gasteiger partial charge in [0.2, 0.25) is 5.75 Å². The van der Waals surface area contributed by atoms with Crippen LogP contribution in [-0.4, -0.2) is 40.4 Å². The molecule has 7 heteroatoms. The molecule has 0 saturated carbocycles. The highest BCUT2D eigenvalue weighted by Crippen LogP contribution is 2.39. The standard InChI is InChI=1S/C22H30FN3O3/c1-6-24-22(26-14-16-7-9-18(23)15(2)13-16)25-12-11-17-8-10-19(27-3)21(29-5)20(17)28-4/h7-10,13H,6,11-12,14H2,1-5H3,(H2,24,25,26). The minimum absolute atomic E-state index is 0.202. The van der Waals surface area contributed by atoms with Gasteiger partial charge in [0.1, 0.15) is 5.82 Å². The second-order valence-corrected chi connectivity index (χ2v) is 6.45. The summed E-state index contributed by atoms with van der Waals surface area (Å²) in [6, 6.07) is 8.88. The number of methoxy groups -OCH3 is 3. The number of halogens is 1. The molecule has 2 aromatic rings. The van der Waals surface area contributed by atoms with Gasteiger partial charge in [-0.05, 0) is 43.5 Å². The van der Waals surface area contributed by atoms with E-state index < -0.39 is 0 Å². The molecular formula is C22H30FN3O3. The summed E-state index contributed by atoms with van der Waals surface area (Å²) < 4.78 is 29.7. The molecule has 0 aliphatic carbocycles. The molecule has 0 spiro atoms. The SMILES string of the molecule is CCNC(=NCc1ccc(F)c(C)c1)NCCc1ccc(OC)c(OC)c1OC. The van der Waals surface area contributed by atoms with Gasteiger partial charge in [0.15, 0.2) is 17.5 Å². The molecule has 0 aliphatic heterocycles. The van der Waals surface area contributed by atoms with Crippen LogP contribution in [0.2, 0.25) is 0 Å². The molecule has 0 amide bonds. The van der Waals surface area contributed by atoms with Crippen molar-refractivity contribution >= 4 is 5.96 Å². The predicted octanol–water partition coefficient (Wildman–Crippen LogP) is 3.46. The van der Waals surface area contributed by atoms with Crippen molar-refractivity contribution in [2.45, 2.75) is 26.8 Å². The Hall–Kier alpha value is -2.96. The molecule has 0 fully saturated rings. The maximum atomic E-state index is 13.4. The van der Waals surface area contributed by atoms with E-state index in [1.165, 1.54) is 6.07 Å². The normalized spacial score (nSPS) is 11.2. The Bertz CT molecular complexity index is 840. The Labute approximate surface area is 172 Å². The zero-order chi connectivity index (χ0) is 21.2. The van der Waals surface area contributed by atoms with Crippen LogP contribution in [0.5, 0.6) is 17.2 Å². The quantitative estimate of drug-likeness (QED) is 0.496. The van der Waals surface area contributed by atoms with E-state index >= 15 is 0 Å². The van der Waals surface area contributed by atoms with Crippen LogP contribution >= 0.6 is 0 Å². The van der Waals surface area contributed by atoms with Crippen molar-refractivity contribution in [1.82, 2.24) is 10.6 Å². The number of aryl methyl sites for hydroxylation is 1. The summed E-state index contributed by atoms with van der Waals surface area (Å²) in [4.78, 5) is 4.59. The first-order valence-electron chi connectivity index (χ1n) is 9.59. The van der Waals surface area contributed by atoms with E-state index in [1.807, 2.05) is 25.1 Å². The molecule has 0 atom stereocenters. The molecule has 2 N–H and O–H groups in total. The molecule has 0 bridgehead atoms. The van der Waals surface area contributed by atoms with Gasteiger partial charge in [-0.3, -0.25) is 0 Å².